The van der Waals surface area contributed by atoms with Crippen molar-refractivity contribution in [2.75, 3.05) is 7.11 Å². The summed E-state index contributed by atoms with van der Waals surface area (Å²) in [6.45, 7) is 12.9. The number of benzene rings is 3. The first-order valence-corrected chi connectivity index (χ1v) is 13.9. The van der Waals surface area contributed by atoms with Crippen LogP contribution in [0.4, 0.5) is 0 Å². The Morgan fingerprint density at radius 2 is 1.39 bits per heavy atom. The standard InChI is InChI=1S/C35H44O3/c1-8-34(37,9-2)21-20-28-16-17-30(22-25(28)5)35(10-3,11-4)31-18-19-32(26(6)23-31)29-14-12-27(13-15-29)24-33(36)38-7/h12-23,37H,8-11,24H2,1-7H3/b21-20+. The second-order valence-corrected chi connectivity index (χ2v) is 10.5. The van der Waals surface area contributed by atoms with Gasteiger partial charge in [0.05, 0.1) is 19.1 Å². The van der Waals surface area contributed by atoms with Crippen LogP contribution in [-0.2, 0) is 21.4 Å². The Bertz CT molecular complexity index is 1260. The van der Waals surface area contributed by atoms with E-state index < -0.39 is 5.60 Å². The largest absolute Gasteiger partial charge is 0.469 e. The zero-order chi connectivity index (χ0) is 27.9. The van der Waals surface area contributed by atoms with Gasteiger partial charge in [-0.15, -0.1) is 0 Å². The van der Waals surface area contributed by atoms with Gasteiger partial charge in [0.2, 0.25) is 0 Å². The van der Waals surface area contributed by atoms with Crippen molar-refractivity contribution in [3.8, 4) is 11.1 Å². The summed E-state index contributed by atoms with van der Waals surface area (Å²) >= 11 is 0. The van der Waals surface area contributed by atoms with E-state index in [-0.39, 0.29) is 17.8 Å². The average molecular weight is 513 g/mol. The number of hydrogen-bond acceptors (Lipinski definition) is 3. The van der Waals surface area contributed by atoms with E-state index in [2.05, 4.69) is 82.3 Å². The van der Waals surface area contributed by atoms with Crippen LogP contribution in [0.15, 0.2) is 66.7 Å². The first-order chi connectivity index (χ1) is 18.1. The summed E-state index contributed by atoms with van der Waals surface area (Å²) < 4.78 is 4.79. The minimum atomic E-state index is -0.747. The molecule has 0 saturated heterocycles. The van der Waals surface area contributed by atoms with E-state index in [1.807, 2.05) is 32.1 Å². The number of esters is 1. The first-order valence-electron chi connectivity index (χ1n) is 13.9. The molecule has 0 aliphatic heterocycles. The summed E-state index contributed by atoms with van der Waals surface area (Å²) in [6, 6.07) is 21.8. The van der Waals surface area contributed by atoms with Gasteiger partial charge >= 0.3 is 5.97 Å². The molecule has 0 amide bonds. The van der Waals surface area contributed by atoms with Gasteiger partial charge in [0.25, 0.3) is 0 Å². The quantitative estimate of drug-likeness (QED) is 0.263. The number of ether oxygens (including phenoxy) is 1. The Morgan fingerprint density at radius 1 is 0.816 bits per heavy atom. The predicted octanol–water partition coefficient (Wildman–Crippen LogP) is 8.36. The third-order valence-electron chi connectivity index (χ3n) is 8.45. The minimum Gasteiger partial charge on any atom is -0.469 e. The molecule has 38 heavy (non-hydrogen) atoms. The molecule has 0 fully saturated rings. The predicted molar refractivity (Wildman–Crippen MR) is 159 cm³/mol. The topological polar surface area (TPSA) is 46.5 Å². The van der Waals surface area contributed by atoms with E-state index >= 15 is 0 Å². The van der Waals surface area contributed by atoms with Gasteiger partial charge in [-0.3, -0.25) is 4.79 Å². The molecule has 3 aromatic rings. The Morgan fingerprint density at radius 3 is 1.89 bits per heavy atom. The molecule has 3 aromatic carbocycles. The summed E-state index contributed by atoms with van der Waals surface area (Å²) in [5.41, 5.74) is 8.76. The highest BCUT2D eigenvalue weighted by atomic mass is 16.5. The summed E-state index contributed by atoms with van der Waals surface area (Å²) in [5.74, 6) is -0.225. The average Bonchev–Trinajstić information content (AvgIpc) is 2.94. The maximum absolute atomic E-state index is 11.6. The van der Waals surface area contributed by atoms with Crippen molar-refractivity contribution in [2.45, 2.75) is 84.7 Å². The van der Waals surface area contributed by atoms with Crippen LogP contribution in [0.5, 0.6) is 0 Å². The van der Waals surface area contributed by atoms with Gasteiger partial charge in [-0.25, -0.2) is 0 Å². The van der Waals surface area contributed by atoms with Crippen molar-refractivity contribution in [3.05, 3.63) is 100 Å². The molecule has 0 aliphatic rings. The van der Waals surface area contributed by atoms with Crippen LogP contribution in [-0.4, -0.2) is 23.8 Å². The van der Waals surface area contributed by atoms with Crippen molar-refractivity contribution in [1.82, 2.24) is 0 Å². The third kappa shape index (κ3) is 6.27. The molecule has 0 aromatic heterocycles. The van der Waals surface area contributed by atoms with Gasteiger partial charge in [-0.2, -0.15) is 0 Å². The van der Waals surface area contributed by atoms with Crippen LogP contribution in [0.25, 0.3) is 17.2 Å². The van der Waals surface area contributed by atoms with Crippen molar-refractivity contribution in [2.24, 2.45) is 0 Å². The molecule has 3 rings (SSSR count). The van der Waals surface area contributed by atoms with E-state index in [4.69, 9.17) is 4.74 Å². The van der Waals surface area contributed by atoms with Gasteiger partial charge in [0.15, 0.2) is 0 Å². The molecule has 0 radical (unpaired) electrons. The van der Waals surface area contributed by atoms with Crippen LogP contribution in [0.3, 0.4) is 0 Å². The lowest BCUT2D eigenvalue weighted by molar-refractivity contribution is -0.139. The fourth-order valence-corrected chi connectivity index (χ4v) is 5.45. The maximum Gasteiger partial charge on any atom is 0.309 e. The minimum absolute atomic E-state index is 0.0752. The molecule has 0 unspecified atom stereocenters. The number of carbonyl (C=O) groups excluding carboxylic acids is 1. The van der Waals surface area contributed by atoms with Gasteiger partial charge < -0.3 is 9.84 Å². The summed E-state index contributed by atoms with van der Waals surface area (Å²) in [6.07, 6.45) is 7.73. The second-order valence-electron chi connectivity index (χ2n) is 10.5. The molecule has 0 heterocycles. The fraction of sp³-hybridized carbons (Fsp3) is 0.400. The normalized spacial score (nSPS) is 12.2. The smallest absolute Gasteiger partial charge is 0.309 e. The third-order valence-corrected chi connectivity index (χ3v) is 8.45. The number of carbonyl (C=O) groups is 1. The van der Waals surface area contributed by atoms with Gasteiger partial charge in [0.1, 0.15) is 0 Å². The lowest BCUT2D eigenvalue weighted by Gasteiger charge is -2.34. The van der Waals surface area contributed by atoms with Crippen LogP contribution in [0, 0.1) is 13.8 Å². The van der Waals surface area contributed by atoms with Crippen LogP contribution in [0.2, 0.25) is 0 Å². The van der Waals surface area contributed by atoms with Crippen molar-refractivity contribution < 1.29 is 14.6 Å². The highest BCUT2D eigenvalue weighted by molar-refractivity contribution is 5.73. The Balaban J connectivity index is 1.94. The lowest BCUT2D eigenvalue weighted by Crippen LogP contribution is -2.26. The molecule has 0 bridgehead atoms. The van der Waals surface area contributed by atoms with Gasteiger partial charge in [-0.1, -0.05) is 101 Å². The second kappa shape index (κ2) is 12.6. The molecule has 0 saturated carbocycles. The molecule has 202 valence electrons. The number of methoxy groups -OCH3 is 1. The molecule has 0 atom stereocenters. The lowest BCUT2D eigenvalue weighted by atomic mass is 9.69. The van der Waals surface area contributed by atoms with Crippen molar-refractivity contribution in [1.29, 1.82) is 0 Å². The molecular weight excluding hydrogens is 468 g/mol. The summed E-state index contributed by atoms with van der Waals surface area (Å²) in [4.78, 5) is 11.6. The molecular formula is C35H44O3. The number of rotatable bonds is 11. The highest BCUT2D eigenvalue weighted by Gasteiger charge is 2.31. The highest BCUT2D eigenvalue weighted by Crippen LogP contribution is 2.41. The van der Waals surface area contributed by atoms with E-state index in [0.717, 1.165) is 29.5 Å². The summed E-state index contributed by atoms with van der Waals surface area (Å²) in [5, 5.41) is 10.7. The van der Waals surface area contributed by atoms with E-state index in [1.54, 1.807) is 0 Å². The number of aryl methyl sites for hydroxylation is 2. The van der Waals surface area contributed by atoms with Crippen molar-refractivity contribution >= 4 is 12.0 Å². The fourth-order valence-electron chi connectivity index (χ4n) is 5.45. The zero-order valence-corrected chi connectivity index (χ0v) is 24.2. The van der Waals surface area contributed by atoms with Crippen LogP contribution < -0.4 is 0 Å². The monoisotopic (exact) mass is 512 g/mol. The van der Waals surface area contributed by atoms with Crippen molar-refractivity contribution in [3.63, 3.8) is 0 Å². The SMILES string of the molecule is CCC(O)(/C=C/c1ccc(C(CC)(CC)c2ccc(-c3ccc(CC(=O)OC)cc3)c(C)c2)cc1C)CC. The Kier molecular flexibility index (Phi) is 9.73. The number of hydrogen-bond donors (Lipinski definition) is 1. The molecule has 1 N–H and O–H groups in total. The molecule has 0 spiro atoms. The van der Waals surface area contributed by atoms with Gasteiger partial charge in [-0.05, 0) is 84.0 Å². The van der Waals surface area contributed by atoms with E-state index in [9.17, 15) is 9.90 Å². The van der Waals surface area contributed by atoms with E-state index in [1.165, 1.54) is 34.9 Å². The van der Waals surface area contributed by atoms with Crippen LogP contribution in [0.1, 0.15) is 86.8 Å². The molecule has 3 heteroatoms. The number of aliphatic hydroxyl groups is 1. The van der Waals surface area contributed by atoms with E-state index in [0.29, 0.717) is 12.8 Å². The Hall–Kier alpha value is -3.17. The van der Waals surface area contributed by atoms with Crippen LogP contribution >= 0.6 is 0 Å². The maximum atomic E-state index is 11.6. The molecule has 0 aliphatic carbocycles. The first kappa shape index (κ1) is 29.4. The summed E-state index contributed by atoms with van der Waals surface area (Å²) in [7, 11) is 1.42. The van der Waals surface area contributed by atoms with Gasteiger partial charge in [0, 0.05) is 5.41 Å². The Labute approximate surface area is 229 Å². The zero-order valence-electron chi connectivity index (χ0n) is 24.2. The molecule has 3 nitrogen and oxygen atoms in total.